The van der Waals surface area contributed by atoms with Crippen LogP contribution < -0.4 is 4.90 Å². The zero-order chi connectivity index (χ0) is 16.0. The highest BCUT2D eigenvalue weighted by Gasteiger charge is 2.34. The molecule has 4 heteroatoms. The summed E-state index contributed by atoms with van der Waals surface area (Å²) >= 11 is 0. The van der Waals surface area contributed by atoms with Gasteiger partial charge in [0.1, 0.15) is 0 Å². The van der Waals surface area contributed by atoms with Gasteiger partial charge >= 0.3 is 5.97 Å². The molecule has 0 aromatic heterocycles. The van der Waals surface area contributed by atoms with Crippen LogP contribution in [0.2, 0.25) is 0 Å². The standard InChI is InChI=1S/C19H17NO3/c21-18(16-9-13-3-1-2-4-14(13)10-16)20-8-7-12-5-6-15(19(22)23)11-17(12)20/h1-6,11,16H,7-10H2,(H,22,23). The second-order valence-corrected chi connectivity index (χ2v) is 6.26. The average molecular weight is 307 g/mol. The van der Waals surface area contributed by atoms with Crippen LogP contribution in [0.25, 0.3) is 0 Å². The highest BCUT2D eigenvalue weighted by atomic mass is 16.4. The molecule has 116 valence electrons. The van der Waals surface area contributed by atoms with E-state index in [0.29, 0.717) is 6.54 Å². The summed E-state index contributed by atoms with van der Waals surface area (Å²) in [5.41, 5.74) is 4.57. The van der Waals surface area contributed by atoms with E-state index >= 15 is 0 Å². The lowest BCUT2D eigenvalue weighted by Crippen LogP contribution is -2.35. The van der Waals surface area contributed by atoms with Crippen molar-refractivity contribution in [3.05, 3.63) is 64.7 Å². The maximum atomic E-state index is 12.9. The van der Waals surface area contributed by atoms with Gasteiger partial charge < -0.3 is 10.0 Å². The van der Waals surface area contributed by atoms with Crippen LogP contribution in [0.15, 0.2) is 42.5 Å². The molecule has 4 nitrogen and oxygen atoms in total. The van der Waals surface area contributed by atoms with E-state index in [-0.39, 0.29) is 17.4 Å². The summed E-state index contributed by atoms with van der Waals surface area (Å²) < 4.78 is 0. The van der Waals surface area contributed by atoms with Crippen molar-refractivity contribution in [2.24, 2.45) is 5.92 Å². The summed E-state index contributed by atoms with van der Waals surface area (Å²) in [5.74, 6) is -0.880. The lowest BCUT2D eigenvalue weighted by atomic mass is 10.0. The first kappa shape index (κ1) is 14.0. The summed E-state index contributed by atoms with van der Waals surface area (Å²) in [4.78, 5) is 25.9. The minimum absolute atomic E-state index is 0.0353. The average Bonchev–Trinajstić information content (AvgIpc) is 3.17. The van der Waals surface area contributed by atoms with E-state index in [2.05, 4.69) is 12.1 Å². The summed E-state index contributed by atoms with van der Waals surface area (Å²) in [5, 5.41) is 9.17. The third-order valence-electron chi connectivity index (χ3n) is 4.89. The lowest BCUT2D eigenvalue weighted by Gasteiger charge is -2.21. The Kier molecular flexibility index (Phi) is 3.18. The lowest BCUT2D eigenvalue weighted by molar-refractivity contribution is -0.122. The van der Waals surface area contributed by atoms with E-state index in [9.17, 15) is 9.59 Å². The Labute approximate surface area is 134 Å². The maximum absolute atomic E-state index is 12.9. The molecule has 0 atom stereocenters. The first-order valence-electron chi connectivity index (χ1n) is 7.88. The highest BCUT2D eigenvalue weighted by Crippen LogP contribution is 2.34. The van der Waals surface area contributed by atoms with Gasteiger partial charge in [0.25, 0.3) is 0 Å². The smallest absolute Gasteiger partial charge is 0.335 e. The Balaban J connectivity index is 1.61. The number of benzene rings is 2. The van der Waals surface area contributed by atoms with Crippen molar-refractivity contribution in [1.29, 1.82) is 0 Å². The second-order valence-electron chi connectivity index (χ2n) is 6.26. The van der Waals surface area contributed by atoms with Gasteiger partial charge in [-0.3, -0.25) is 4.79 Å². The minimum Gasteiger partial charge on any atom is -0.478 e. The minimum atomic E-state index is -0.958. The number of anilines is 1. The number of hydrogen-bond donors (Lipinski definition) is 1. The first-order chi connectivity index (χ1) is 11.1. The van der Waals surface area contributed by atoms with Gasteiger partial charge in [-0.1, -0.05) is 30.3 Å². The molecule has 0 fully saturated rings. The molecular weight excluding hydrogens is 290 g/mol. The van der Waals surface area contributed by atoms with E-state index in [0.717, 1.165) is 30.5 Å². The van der Waals surface area contributed by atoms with Crippen molar-refractivity contribution in [2.75, 3.05) is 11.4 Å². The monoisotopic (exact) mass is 307 g/mol. The Morgan fingerprint density at radius 3 is 2.35 bits per heavy atom. The molecule has 1 amide bonds. The van der Waals surface area contributed by atoms with Crippen LogP contribution in [-0.2, 0) is 24.1 Å². The Morgan fingerprint density at radius 1 is 1.00 bits per heavy atom. The molecule has 1 N–H and O–H groups in total. The number of carboxylic acid groups (broad SMARTS) is 1. The van der Waals surface area contributed by atoms with Gasteiger partial charge in [0.2, 0.25) is 5.91 Å². The van der Waals surface area contributed by atoms with Gasteiger partial charge in [0.05, 0.1) is 5.56 Å². The number of aromatic carboxylic acids is 1. The maximum Gasteiger partial charge on any atom is 0.335 e. The summed E-state index contributed by atoms with van der Waals surface area (Å²) in [6.45, 7) is 0.643. The van der Waals surface area contributed by atoms with Gasteiger partial charge in [-0.25, -0.2) is 4.79 Å². The largest absolute Gasteiger partial charge is 0.478 e. The molecule has 0 bridgehead atoms. The molecule has 23 heavy (non-hydrogen) atoms. The van der Waals surface area contributed by atoms with E-state index in [4.69, 9.17) is 5.11 Å². The molecule has 0 radical (unpaired) electrons. The Morgan fingerprint density at radius 2 is 1.70 bits per heavy atom. The molecule has 2 aromatic rings. The number of carbonyl (C=O) groups excluding carboxylic acids is 1. The van der Waals surface area contributed by atoms with Crippen molar-refractivity contribution in [3.8, 4) is 0 Å². The summed E-state index contributed by atoms with van der Waals surface area (Å²) in [6, 6.07) is 13.3. The fourth-order valence-corrected chi connectivity index (χ4v) is 3.70. The zero-order valence-electron chi connectivity index (χ0n) is 12.7. The molecule has 2 aromatic carbocycles. The number of amides is 1. The molecule has 0 spiro atoms. The summed E-state index contributed by atoms with van der Waals surface area (Å²) in [7, 11) is 0. The van der Waals surface area contributed by atoms with Crippen LogP contribution in [0.4, 0.5) is 5.69 Å². The quantitative estimate of drug-likeness (QED) is 0.928. The number of carbonyl (C=O) groups is 2. The van der Waals surface area contributed by atoms with E-state index < -0.39 is 5.97 Å². The first-order valence-corrected chi connectivity index (χ1v) is 7.88. The predicted octanol–water partition coefficient (Wildman–Crippen LogP) is 2.69. The SMILES string of the molecule is O=C(O)c1ccc2c(c1)N(C(=O)C1Cc3ccccc3C1)CC2. The normalized spacial score (nSPS) is 16.3. The molecule has 1 aliphatic heterocycles. The third kappa shape index (κ3) is 2.31. The zero-order valence-corrected chi connectivity index (χ0v) is 12.7. The van der Waals surface area contributed by atoms with Crippen LogP contribution >= 0.6 is 0 Å². The van der Waals surface area contributed by atoms with Crippen LogP contribution in [0, 0.1) is 5.92 Å². The van der Waals surface area contributed by atoms with Crippen molar-refractivity contribution in [1.82, 2.24) is 0 Å². The molecule has 1 aliphatic carbocycles. The topological polar surface area (TPSA) is 57.6 Å². The van der Waals surface area contributed by atoms with Gasteiger partial charge in [0, 0.05) is 18.2 Å². The van der Waals surface area contributed by atoms with Gasteiger partial charge in [-0.05, 0) is 48.1 Å². The van der Waals surface area contributed by atoms with E-state index in [1.807, 2.05) is 18.2 Å². The molecule has 2 aliphatic rings. The molecule has 4 rings (SSSR count). The van der Waals surface area contributed by atoms with Crippen molar-refractivity contribution in [3.63, 3.8) is 0 Å². The number of carboxylic acids is 1. The van der Waals surface area contributed by atoms with Gasteiger partial charge in [0.15, 0.2) is 0 Å². The van der Waals surface area contributed by atoms with Gasteiger partial charge in [-0.2, -0.15) is 0 Å². The number of rotatable bonds is 2. The Hall–Kier alpha value is -2.62. The fourth-order valence-electron chi connectivity index (χ4n) is 3.70. The van der Waals surface area contributed by atoms with Crippen LogP contribution in [0.3, 0.4) is 0 Å². The van der Waals surface area contributed by atoms with Crippen molar-refractivity contribution in [2.45, 2.75) is 19.3 Å². The number of fused-ring (bicyclic) bond motifs is 2. The van der Waals surface area contributed by atoms with E-state index in [1.54, 1.807) is 17.0 Å². The van der Waals surface area contributed by atoms with Crippen LogP contribution in [0.1, 0.15) is 27.0 Å². The number of hydrogen-bond acceptors (Lipinski definition) is 2. The predicted molar refractivity (Wildman–Crippen MR) is 86.8 cm³/mol. The molecule has 0 saturated heterocycles. The third-order valence-corrected chi connectivity index (χ3v) is 4.89. The molecule has 1 heterocycles. The highest BCUT2D eigenvalue weighted by molar-refractivity contribution is 5.99. The Bertz CT molecular complexity index is 787. The van der Waals surface area contributed by atoms with Gasteiger partial charge in [-0.15, -0.1) is 0 Å². The molecular formula is C19H17NO3. The fraction of sp³-hybridized carbons (Fsp3) is 0.263. The molecule has 0 unspecified atom stereocenters. The van der Waals surface area contributed by atoms with Crippen molar-refractivity contribution < 1.29 is 14.7 Å². The number of nitrogens with zero attached hydrogens (tertiary/aromatic N) is 1. The van der Waals surface area contributed by atoms with E-state index in [1.165, 1.54) is 11.1 Å². The summed E-state index contributed by atoms with van der Waals surface area (Å²) in [6.07, 6.45) is 2.35. The second kappa shape index (κ2) is 5.23. The van der Waals surface area contributed by atoms with Crippen LogP contribution in [0.5, 0.6) is 0 Å². The van der Waals surface area contributed by atoms with Crippen molar-refractivity contribution >= 4 is 17.6 Å². The molecule has 0 saturated carbocycles. The van der Waals surface area contributed by atoms with Crippen LogP contribution in [-0.4, -0.2) is 23.5 Å².